The summed E-state index contributed by atoms with van der Waals surface area (Å²) in [4.78, 5) is 23.6. The molecule has 0 heterocycles. The number of nitrogens with one attached hydrogen (secondary N) is 1. The highest BCUT2D eigenvalue weighted by atomic mass is 35.5. The first-order valence-corrected chi connectivity index (χ1v) is 7.80. The van der Waals surface area contributed by atoms with Crippen LogP contribution >= 0.6 is 11.6 Å². The summed E-state index contributed by atoms with van der Waals surface area (Å²) >= 11 is 5.76. The van der Waals surface area contributed by atoms with Gasteiger partial charge in [0, 0.05) is 11.1 Å². The number of esters is 1. The van der Waals surface area contributed by atoms with Crippen LogP contribution in [-0.2, 0) is 14.3 Å². The summed E-state index contributed by atoms with van der Waals surface area (Å²) in [5.74, 6) is -0.319. The van der Waals surface area contributed by atoms with Gasteiger partial charge in [0.15, 0.2) is 12.7 Å². The van der Waals surface area contributed by atoms with E-state index in [1.54, 1.807) is 31.2 Å². The van der Waals surface area contributed by atoms with Gasteiger partial charge >= 0.3 is 5.97 Å². The second kappa shape index (κ2) is 8.03. The first-order chi connectivity index (χ1) is 10.5. The van der Waals surface area contributed by atoms with Gasteiger partial charge in [-0.25, -0.2) is 4.79 Å². The van der Waals surface area contributed by atoms with E-state index in [0.29, 0.717) is 10.8 Å². The number of benzene rings is 1. The molecule has 1 amide bonds. The quantitative estimate of drug-likeness (QED) is 0.817. The van der Waals surface area contributed by atoms with Crippen LogP contribution in [0.1, 0.15) is 32.6 Å². The van der Waals surface area contributed by atoms with Gasteiger partial charge < -0.3 is 14.8 Å². The first-order valence-electron chi connectivity index (χ1n) is 7.43. The lowest BCUT2D eigenvalue weighted by Gasteiger charge is -2.17. The molecular formula is C16H20ClNO4. The summed E-state index contributed by atoms with van der Waals surface area (Å²) in [6.45, 7) is 1.31. The van der Waals surface area contributed by atoms with Gasteiger partial charge in [0.2, 0.25) is 0 Å². The molecule has 1 fully saturated rings. The van der Waals surface area contributed by atoms with Crippen LogP contribution in [0.15, 0.2) is 24.3 Å². The summed E-state index contributed by atoms with van der Waals surface area (Å²) in [5, 5.41) is 3.48. The van der Waals surface area contributed by atoms with Crippen molar-refractivity contribution in [3.8, 4) is 5.75 Å². The van der Waals surface area contributed by atoms with E-state index in [1.807, 2.05) is 0 Å². The Morgan fingerprint density at radius 2 is 1.91 bits per heavy atom. The lowest BCUT2D eigenvalue weighted by Crippen LogP contribution is -2.41. The van der Waals surface area contributed by atoms with Crippen LogP contribution in [0, 0.1) is 0 Å². The summed E-state index contributed by atoms with van der Waals surface area (Å²) in [6, 6.07) is 6.86. The van der Waals surface area contributed by atoms with E-state index in [9.17, 15) is 9.59 Å². The molecule has 1 N–H and O–H groups in total. The van der Waals surface area contributed by atoms with Crippen LogP contribution in [0.25, 0.3) is 0 Å². The fourth-order valence-electron chi connectivity index (χ4n) is 2.35. The van der Waals surface area contributed by atoms with Crippen LogP contribution < -0.4 is 10.1 Å². The highest BCUT2D eigenvalue weighted by Gasteiger charge is 2.23. The first kappa shape index (κ1) is 16.6. The van der Waals surface area contributed by atoms with E-state index in [-0.39, 0.29) is 18.6 Å². The van der Waals surface area contributed by atoms with Crippen LogP contribution in [0.3, 0.4) is 0 Å². The van der Waals surface area contributed by atoms with Crippen molar-refractivity contribution in [2.75, 3.05) is 6.61 Å². The number of ether oxygens (including phenoxy) is 2. The van der Waals surface area contributed by atoms with Gasteiger partial charge in [0.05, 0.1) is 0 Å². The number of hydrogen-bond donors (Lipinski definition) is 1. The van der Waals surface area contributed by atoms with Crippen LogP contribution in [0.5, 0.6) is 5.75 Å². The molecule has 1 aromatic carbocycles. The van der Waals surface area contributed by atoms with Gasteiger partial charge in [-0.2, -0.15) is 0 Å². The van der Waals surface area contributed by atoms with E-state index in [2.05, 4.69) is 5.32 Å². The fourth-order valence-corrected chi connectivity index (χ4v) is 2.47. The maximum absolute atomic E-state index is 11.9. The Labute approximate surface area is 134 Å². The monoisotopic (exact) mass is 325 g/mol. The molecular weight excluding hydrogens is 306 g/mol. The van der Waals surface area contributed by atoms with Crippen molar-refractivity contribution in [2.45, 2.75) is 44.8 Å². The molecule has 1 aromatic rings. The Bertz CT molecular complexity index is 511. The standard InChI is InChI=1S/C16H20ClNO4/c1-11(16(20)18-13-4-2-3-5-13)22-15(19)10-21-14-8-6-12(17)7-9-14/h6-9,11,13H,2-5,10H2,1H3,(H,18,20). The molecule has 120 valence electrons. The lowest BCUT2D eigenvalue weighted by atomic mass is 10.2. The number of carbonyl (C=O) groups excluding carboxylic acids is 2. The molecule has 1 aliphatic carbocycles. The minimum absolute atomic E-state index is 0.207. The van der Waals surface area contributed by atoms with Crippen molar-refractivity contribution in [1.82, 2.24) is 5.32 Å². The molecule has 1 aliphatic rings. The fraction of sp³-hybridized carbons (Fsp3) is 0.500. The molecule has 0 saturated heterocycles. The molecule has 0 aromatic heterocycles. The van der Waals surface area contributed by atoms with Crippen molar-refractivity contribution in [2.24, 2.45) is 0 Å². The number of hydrogen-bond acceptors (Lipinski definition) is 4. The molecule has 0 spiro atoms. The Kier molecular flexibility index (Phi) is 6.07. The second-order valence-electron chi connectivity index (χ2n) is 5.36. The minimum Gasteiger partial charge on any atom is -0.482 e. The Morgan fingerprint density at radius 1 is 1.27 bits per heavy atom. The number of carbonyl (C=O) groups is 2. The molecule has 0 bridgehead atoms. The van der Waals surface area contributed by atoms with Crippen molar-refractivity contribution >= 4 is 23.5 Å². The normalized spacial score (nSPS) is 16.1. The number of halogens is 1. The third-order valence-corrected chi connectivity index (χ3v) is 3.80. The molecule has 2 rings (SSSR count). The topological polar surface area (TPSA) is 64.6 Å². The van der Waals surface area contributed by atoms with E-state index < -0.39 is 12.1 Å². The van der Waals surface area contributed by atoms with E-state index in [1.165, 1.54) is 0 Å². The Balaban J connectivity index is 1.71. The van der Waals surface area contributed by atoms with Gasteiger partial charge in [0.1, 0.15) is 5.75 Å². The molecule has 1 unspecified atom stereocenters. The van der Waals surface area contributed by atoms with Gasteiger partial charge in [-0.05, 0) is 44.0 Å². The molecule has 5 nitrogen and oxygen atoms in total. The predicted octanol–water partition coefficient (Wildman–Crippen LogP) is 2.71. The highest BCUT2D eigenvalue weighted by molar-refractivity contribution is 6.30. The molecule has 0 aliphatic heterocycles. The Hall–Kier alpha value is -1.75. The van der Waals surface area contributed by atoms with Crippen molar-refractivity contribution in [1.29, 1.82) is 0 Å². The second-order valence-corrected chi connectivity index (χ2v) is 5.80. The molecule has 1 atom stereocenters. The molecule has 22 heavy (non-hydrogen) atoms. The highest BCUT2D eigenvalue weighted by Crippen LogP contribution is 2.18. The van der Waals surface area contributed by atoms with Gasteiger partial charge in [0.25, 0.3) is 5.91 Å². The largest absolute Gasteiger partial charge is 0.482 e. The number of amides is 1. The van der Waals surface area contributed by atoms with Crippen LogP contribution in [0.4, 0.5) is 0 Å². The molecule has 6 heteroatoms. The zero-order valence-corrected chi connectivity index (χ0v) is 13.3. The summed E-state index contributed by atoms with van der Waals surface area (Å²) in [7, 11) is 0. The van der Waals surface area contributed by atoms with Crippen LogP contribution in [0.2, 0.25) is 5.02 Å². The Morgan fingerprint density at radius 3 is 2.55 bits per heavy atom. The van der Waals surface area contributed by atoms with Crippen LogP contribution in [-0.4, -0.2) is 30.6 Å². The maximum atomic E-state index is 11.9. The number of rotatable bonds is 6. The maximum Gasteiger partial charge on any atom is 0.344 e. The van der Waals surface area contributed by atoms with Crippen molar-refractivity contribution in [3.63, 3.8) is 0 Å². The SMILES string of the molecule is CC(OC(=O)COc1ccc(Cl)cc1)C(=O)NC1CCCC1. The third kappa shape index (κ3) is 5.22. The van der Waals surface area contributed by atoms with E-state index >= 15 is 0 Å². The van der Waals surface area contributed by atoms with E-state index in [4.69, 9.17) is 21.1 Å². The summed E-state index contributed by atoms with van der Waals surface area (Å²) in [5.41, 5.74) is 0. The zero-order chi connectivity index (χ0) is 15.9. The average molecular weight is 326 g/mol. The average Bonchev–Trinajstić information content (AvgIpc) is 2.99. The predicted molar refractivity (Wildman–Crippen MR) is 82.9 cm³/mol. The van der Waals surface area contributed by atoms with Crippen molar-refractivity contribution in [3.05, 3.63) is 29.3 Å². The summed E-state index contributed by atoms with van der Waals surface area (Å²) in [6.07, 6.45) is 3.43. The molecule has 1 saturated carbocycles. The smallest absolute Gasteiger partial charge is 0.344 e. The molecule has 0 radical (unpaired) electrons. The van der Waals surface area contributed by atoms with Crippen molar-refractivity contribution < 1.29 is 19.1 Å². The summed E-state index contributed by atoms with van der Waals surface area (Å²) < 4.78 is 10.3. The lowest BCUT2D eigenvalue weighted by molar-refractivity contribution is -0.156. The zero-order valence-electron chi connectivity index (χ0n) is 12.5. The van der Waals surface area contributed by atoms with Gasteiger partial charge in [-0.15, -0.1) is 0 Å². The third-order valence-electron chi connectivity index (χ3n) is 3.55. The van der Waals surface area contributed by atoms with Gasteiger partial charge in [-0.1, -0.05) is 24.4 Å². The van der Waals surface area contributed by atoms with Gasteiger partial charge in [-0.3, -0.25) is 4.79 Å². The van der Waals surface area contributed by atoms with E-state index in [0.717, 1.165) is 25.7 Å². The minimum atomic E-state index is -0.818.